The predicted octanol–water partition coefficient (Wildman–Crippen LogP) is 3.06. The van der Waals surface area contributed by atoms with Gasteiger partial charge >= 0.3 is 0 Å². The Kier molecular flexibility index (Phi) is 4.95. The van der Waals surface area contributed by atoms with Crippen molar-refractivity contribution in [3.63, 3.8) is 0 Å². The summed E-state index contributed by atoms with van der Waals surface area (Å²) in [6.45, 7) is 0.256. The molecule has 2 aromatic rings. The number of rotatable bonds is 6. The fourth-order valence-corrected chi connectivity index (χ4v) is 2.20. The standard InChI is InChI=1S/C17H18O4/c1-21-11-13-7-9-16(19)14(17(13)20)8-10-15(18)12-5-3-2-4-6-12/h2-7,9,19-20H,8,10-11H2,1H3. The highest BCUT2D eigenvalue weighted by Gasteiger charge is 2.14. The number of ether oxygens (including phenoxy) is 1. The van der Waals surface area contributed by atoms with E-state index in [0.29, 0.717) is 16.7 Å². The highest BCUT2D eigenvalue weighted by molar-refractivity contribution is 5.96. The zero-order chi connectivity index (χ0) is 15.2. The van der Waals surface area contributed by atoms with Crippen molar-refractivity contribution in [1.82, 2.24) is 0 Å². The van der Waals surface area contributed by atoms with Crippen LogP contribution in [0, 0.1) is 0 Å². The first-order valence-corrected chi connectivity index (χ1v) is 6.73. The summed E-state index contributed by atoms with van der Waals surface area (Å²) in [6.07, 6.45) is 0.504. The highest BCUT2D eigenvalue weighted by Crippen LogP contribution is 2.32. The molecule has 0 unspecified atom stereocenters. The molecule has 4 heteroatoms. The van der Waals surface area contributed by atoms with Gasteiger partial charge < -0.3 is 14.9 Å². The van der Waals surface area contributed by atoms with Crippen LogP contribution in [0.3, 0.4) is 0 Å². The number of methoxy groups -OCH3 is 1. The monoisotopic (exact) mass is 286 g/mol. The second-order valence-corrected chi connectivity index (χ2v) is 4.79. The Hall–Kier alpha value is -2.33. The number of hydrogen-bond donors (Lipinski definition) is 2. The molecule has 110 valence electrons. The Labute approximate surface area is 123 Å². The van der Waals surface area contributed by atoms with Crippen molar-refractivity contribution in [2.24, 2.45) is 0 Å². The minimum Gasteiger partial charge on any atom is -0.508 e. The molecule has 0 aromatic heterocycles. The Morgan fingerprint density at radius 1 is 1.10 bits per heavy atom. The number of hydrogen-bond acceptors (Lipinski definition) is 4. The molecule has 0 bridgehead atoms. The molecule has 0 saturated heterocycles. The molecule has 0 atom stereocenters. The number of phenols is 2. The minimum atomic E-state index is -0.0217. The van der Waals surface area contributed by atoms with Gasteiger partial charge in [0.25, 0.3) is 0 Å². The van der Waals surface area contributed by atoms with Gasteiger partial charge in [0.1, 0.15) is 11.5 Å². The number of aromatic hydroxyl groups is 2. The topological polar surface area (TPSA) is 66.8 Å². The first-order chi connectivity index (χ1) is 10.1. The summed E-state index contributed by atoms with van der Waals surface area (Å²) in [6, 6.07) is 12.1. The molecule has 0 aliphatic rings. The van der Waals surface area contributed by atoms with Crippen LogP contribution < -0.4 is 0 Å². The van der Waals surface area contributed by atoms with E-state index in [0.717, 1.165) is 0 Å². The van der Waals surface area contributed by atoms with Crippen molar-refractivity contribution < 1.29 is 19.7 Å². The molecule has 0 fully saturated rings. The number of carbonyl (C=O) groups is 1. The maximum absolute atomic E-state index is 12.1. The van der Waals surface area contributed by atoms with Crippen molar-refractivity contribution in [1.29, 1.82) is 0 Å². The van der Waals surface area contributed by atoms with Crippen LogP contribution in [-0.2, 0) is 17.8 Å². The molecule has 21 heavy (non-hydrogen) atoms. The van der Waals surface area contributed by atoms with E-state index in [1.807, 2.05) is 6.07 Å². The number of phenolic OH excluding ortho intramolecular Hbond substituents is 2. The number of carbonyl (C=O) groups excluding carboxylic acids is 1. The largest absolute Gasteiger partial charge is 0.508 e. The molecule has 2 N–H and O–H groups in total. The average molecular weight is 286 g/mol. The molecule has 0 radical (unpaired) electrons. The summed E-state index contributed by atoms with van der Waals surface area (Å²) in [5.74, 6) is -0.0301. The van der Waals surface area contributed by atoms with Gasteiger partial charge in [0, 0.05) is 30.2 Å². The quantitative estimate of drug-likeness (QED) is 0.801. The molecule has 0 saturated carbocycles. The third-order valence-electron chi connectivity index (χ3n) is 3.34. The van der Waals surface area contributed by atoms with Crippen molar-refractivity contribution in [2.75, 3.05) is 7.11 Å². The molecule has 0 spiro atoms. The van der Waals surface area contributed by atoms with Gasteiger partial charge in [-0.3, -0.25) is 4.79 Å². The number of ketones is 1. The van der Waals surface area contributed by atoms with Gasteiger partial charge in [-0.25, -0.2) is 0 Å². The zero-order valence-electron chi connectivity index (χ0n) is 11.9. The summed E-state index contributed by atoms with van der Waals surface area (Å²) in [5.41, 5.74) is 1.61. The van der Waals surface area contributed by atoms with Crippen molar-refractivity contribution in [2.45, 2.75) is 19.4 Å². The van der Waals surface area contributed by atoms with E-state index in [-0.39, 0.29) is 36.7 Å². The summed E-state index contributed by atoms with van der Waals surface area (Å²) in [7, 11) is 1.53. The summed E-state index contributed by atoms with van der Waals surface area (Å²) in [5, 5.41) is 20.0. The maximum Gasteiger partial charge on any atom is 0.163 e. The third kappa shape index (κ3) is 3.61. The maximum atomic E-state index is 12.1. The van der Waals surface area contributed by atoms with Crippen LogP contribution in [0.1, 0.15) is 27.9 Å². The Morgan fingerprint density at radius 2 is 1.81 bits per heavy atom. The van der Waals surface area contributed by atoms with Crippen molar-refractivity contribution in [3.05, 3.63) is 59.2 Å². The van der Waals surface area contributed by atoms with Crippen LogP contribution in [0.4, 0.5) is 0 Å². The van der Waals surface area contributed by atoms with Gasteiger partial charge in [0.2, 0.25) is 0 Å². The zero-order valence-corrected chi connectivity index (χ0v) is 11.9. The first-order valence-electron chi connectivity index (χ1n) is 6.73. The van der Waals surface area contributed by atoms with Crippen LogP contribution in [0.2, 0.25) is 0 Å². The molecular formula is C17H18O4. The summed E-state index contributed by atoms with van der Waals surface area (Å²) >= 11 is 0. The highest BCUT2D eigenvalue weighted by atomic mass is 16.5. The minimum absolute atomic E-state index is 0.00212. The lowest BCUT2D eigenvalue weighted by Crippen LogP contribution is -2.02. The van der Waals surface area contributed by atoms with E-state index in [9.17, 15) is 15.0 Å². The van der Waals surface area contributed by atoms with Gasteiger partial charge in [0.05, 0.1) is 6.61 Å². The molecular weight excluding hydrogens is 268 g/mol. The third-order valence-corrected chi connectivity index (χ3v) is 3.34. The van der Waals surface area contributed by atoms with E-state index < -0.39 is 0 Å². The van der Waals surface area contributed by atoms with Gasteiger partial charge in [-0.2, -0.15) is 0 Å². The van der Waals surface area contributed by atoms with Crippen LogP contribution in [0.15, 0.2) is 42.5 Å². The molecule has 4 nitrogen and oxygen atoms in total. The summed E-state index contributed by atoms with van der Waals surface area (Å²) in [4.78, 5) is 12.1. The average Bonchev–Trinajstić information content (AvgIpc) is 2.51. The van der Waals surface area contributed by atoms with E-state index >= 15 is 0 Å². The van der Waals surface area contributed by atoms with Gasteiger partial charge in [-0.15, -0.1) is 0 Å². The second kappa shape index (κ2) is 6.90. The predicted molar refractivity (Wildman–Crippen MR) is 79.6 cm³/mol. The first kappa shape index (κ1) is 15.1. The van der Waals surface area contributed by atoms with E-state index in [1.54, 1.807) is 30.3 Å². The number of benzene rings is 2. The Balaban J connectivity index is 2.13. The fourth-order valence-electron chi connectivity index (χ4n) is 2.20. The Bertz CT molecular complexity index is 620. The van der Waals surface area contributed by atoms with Crippen molar-refractivity contribution >= 4 is 5.78 Å². The normalized spacial score (nSPS) is 10.5. The lowest BCUT2D eigenvalue weighted by molar-refractivity contribution is 0.0982. The molecule has 2 rings (SSSR count). The van der Waals surface area contributed by atoms with Crippen molar-refractivity contribution in [3.8, 4) is 11.5 Å². The van der Waals surface area contributed by atoms with Gasteiger partial charge in [-0.1, -0.05) is 30.3 Å². The SMILES string of the molecule is COCc1ccc(O)c(CCC(=O)c2ccccc2)c1O. The van der Waals surface area contributed by atoms with Gasteiger partial charge in [-0.05, 0) is 18.6 Å². The molecule has 0 amide bonds. The fraction of sp³-hybridized carbons (Fsp3) is 0.235. The van der Waals surface area contributed by atoms with Gasteiger partial charge in [0.15, 0.2) is 5.78 Å². The van der Waals surface area contributed by atoms with Crippen LogP contribution in [-0.4, -0.2) is 23.1 Å². The van der Waals surface area contributed by atoms with E-state index in [4.69, 9.17) is 4.74 Å². The van der Waals surface area contributed by atoms with Crippen LogP contribution in [0.5, 0.6) is 11.5 Å². The Morgan fingerprint density at radius 3 is 2.48 bits per heavy atom. The van der Waals surface area contributed by atoms with E-state index in [1.165, 1.54) is 13.2 Å². The smallest absolute Gasteiger partial charge is 0.163 e. The van der Waals surface area contributed by atoms with Crippen LogP contribution in [0.25, 0.3) is 0 Å². The molecule has 0 aliphatic heterocycles. The number of Topliss-reactive ketones (excluding diaryl/α,β-unsaturated/α-hetero) is 1. The second-order valence-electron chi connectivity index (χ2n) is 4.79. The summed E-state index contributed by atoms with van der Waals surface area (Å²) < 4.78 is 4.99. The lowest BCUT2D eigenvalue weighted by atomic mass is 9.99. The van der Waals surface area contributed by atoms with Crippen LogP contribution >= 0.6 is 0 Å². The molecule has 0 heterocycles. The van der Waals surface area contributed by atoms with E-state index in [2.05, 4.69) is 0 Å². The lowest BCUT2D eigenvalue weighted by Gasteiger charge is -2.11. The molecule has 2 aromatic carbocycles. The molecule has 0 aliphatic carbocycles.